The third-order valence-electron chi connectivity index (χ3n) is 7.48. The number of fused-ring (bicyclic) bond motifs is 6. The Bertz CT molecular complexity index is 1510. The summed E-state index contributed by atoms with van der Waals surface area (Å²) in [7, 11) is 0. The summed E-state index contributed by atoms with van der Waals surface area (Å²) in [5, 5.41) is 2.77. The van der Waals surface area contributed by atoms with Crippen LogP contribution in [0, 0.1) is 11.8 Å². The molecule has 0 unspecified atom stereocenters. The van der Waals surface area contributed by atoms with Crippen molar-refractivity contribution in [3.05, 3.63) is 119 Å². The zero-order valence-corrected chi connectivity index (χ0v) is 20.5. The second-order valence-corrected chi connectivity index (χ2v) is 9.91. The van der Waals surface area contributed by atoms with E-state index >= 15 is 0 Å². The van der Waals surface area contributed by atoms with Gasteiger partial charge in [0.25, 0.3) is 0 Å². The molecule has 0 aliphatic heterocycles. The van der Waals surface area contributed by atoms with Gasteiger partial charge in [-0.25, -0.2) is 4.79 Å². The number of ether oxygens (including phenoxy) is 1. The highest BCUT2D eigenvalue weighted by molar-refractivity contribution is 5.81. The first-order valence-electron chi connectivity index (χ1n) is 12.4. The summed E-state index contributed by atoms with van der Waals surface area (Å²) in [6, 6.07) is 31.6. The van der Waals surface area contributed by atoms with E-state index in [9.17, 15) is 4.79 Å². The fraction of sp³-hybridized carbons (Fsp3) is 0.182. The van der Waals surface area contributed by atoms with Gasteiger partial charge in [0, 0.05) is 16.9 Å². The van der Waals surface area contributed by atoms with Crippen molar-refractivity contribution in [2.45, 2.75) is 25.2 Å². The Morgan fingerprint density at radius 3 is 2.14 bits per heavy atom. The van der Waals surface area contributed by atoms with Gasteiger partial charge in [0.05, 0.1) is 6.54 Å². The number of nitrogens with one attached hydrogen (secondary N) is 1. The van der Waals surface area contributed by atoms with Crippen LogP contribution in [0.1, 0.15) is 47.6 Å². The summed E-state index contributed by atoms with van der Waals surface area (Å²) in [4.78, 5) is 12.4. The van der Waals surface area contributed by atoms with E-state index in [2.05, 4.69) is 97.7 Å². The lowest BCUT2D eigenvalue weighted by Gasteiger charge is -2.21. The molecule has 0 fully saturated rings. The van der Waals surface area contributed by atoms with Gasteiger partial charge in [-0.2, -0.15) is 0 Å². The Morgan fingerprint density at radius 1 is 0.806 bits per heavy atom. The molecule has 0 atom stereocenters. The fourth-order valence-electron chi connectivity index (χ4n) is 5.69. The van der Waals surface area contributed by atoms with Crippen LogP contribution in [-0.2, 0) is 10.2 Å². The zero-order chi connectivity index (χ0) is 24.7. The van der Waals surface area contributed by atoms with Crippen LogP contribution < -0.4 is 5.32 Å². The first-order chi connectivity index (χ1) is 17.5. The first kappa shape index (κ1) is 22.2. The van der Waals surface area contributed by atoms with E-state index in [-0.39, 0.29) is 17.9 Å². The van der Waals surface area contributed by atoms with Gasteiger partial charge in [0.1, 0.15) is 6.61 Å². The fourth-order valence-corrected chi connectivity index (χ4v) is 5.69. The van der Waals surface area contributed by atoms with E-state index in [1.807, 2.05) is 24.3 Å². The maximum absolute atomic E-state index is 12.4. The molecule has 2 aliphatic rings. The largest absolute Gasteiger partial charge is 0.449 e. The molecular formula is C33H27NO2. The van der Waals surface area contributed by atoms with Gasteiger partial charge in [0.15, 0.2) is 0 Å². The van der Waals surface area contributed by atoms with E-state index in [1.54, 1.807) is 0 Å². The van der Waals surface area contributed by atoms with E-state index < -0.39 is 6.09 Å². The lowest BCUT2D eigenvalue weighted by atomic mass is 9.82. The molecule has 0 radical (unpaired) electrons. The summed E-state index contributed by atoms with van der Waals surface area (Å²) in [5.74, 6) is 6.32. The van der Waals surface area contributed by atoms with Gasteiger partial charge >= 0.3 is 6.09 Å². The van der Waals surface area contributed by atoms with Crippen LogP contribution in [-0.4, -0.2) is 19.2 Å². The van der Waals surface area contributed by atoms with Gasteiger partial charge in [0.2, 0.25) is 0 Å². The Kier molecular flexibility index (Phi) is 5.38. The molecule has 4 aromatic rings. The van der Waals surface area contributed by atoms with Crippen LogP contribution in [0.2, 0.25) is 0 Å². The normalized spacial score (nSPS) is 14.1. The summed E-state index contributed by atoms with van der Waals surface area (Å²) < 4.78 is 5.60. The highest BCUT2D eigenvalue weighted by atomic mass is 16.5. The molecule has 3 nitrogen and oxygen atoms in total. The number of hydrogen-bond acceptors (Lipinski definition) is 2. The molecule has 6 rings (SSSR count). The van der Waals surface area contributed by atoms with E-state index in [1.165, 1.54) is 44.5 Å². The molecule has 2 aliphatic carbocycles. The van der Waals surface area contributed by atoms with Gasteiger partial charge < -0.3 is 10.1 Å². The summed E-state index contributed by atoms with van der Waals surface area (Å²) in [6.45, 7) is 5.05. The van der Waals surface area contributed by atoms with Crippen molar-refractivity contribution in [1.82, 2.24) is 5.32 Å². The lowest BCUT2D eigenvalue weighted by Crippen LogP contribution is -2.26. The molecule has 0 saturated carbocycles. The Balaban J connectivity index is 1.09. The van der Waals surface area contributed by atoms with Crippen LogP contribution in [0.5, 0.6) is 0 Å². The molecule has 0 spiro atoms. The molecule has 0 saturated heterocycles. The van der Waals surface area contributed by atoms with Crippen molar-refractivity contribution in [1.29, 1.82) is 0 Å². The Morgan fingerprint density at radius 2 is 1.42 bits per heavy atom. The summed E-state index contributed by atoms with van der Waals surface area (Å²) in [5.41, 5.74) is 10.9. The molecule has 176 valence electrons. The second-order valence-electron chi connectivity index (χ2n) is 9.91. The standard InChI is InChI=1S/C33H27NO2/c1-33(2)30-16-8-7-15-27(30)28-18-17-22(20-31(28)33)10-9-19-34-32(35)36-21-29-25-13-5-3-11-23(25)24-12-4-6-14-26(24)29/h3-8,11-18,20,29H,19,21H2,1-2H3,(H,34,35). The maximum atomic E-state index is 12.4. The number of carbonyl (C=O) groups excluding carboxylic acids is 1. The van der Waals surface area contributed by atoms with Gasteiger partial charge in [-0.1, -0.05) is 105 Å². The van der Waals surface area contributed by atoms with Crippen LogP contribution >= 0.6 is 0 Å². The van der Waals surface area contributed by atoms with Crippen molar-refractivity contribution >= 4 is 6.09 Å². The highest BCUT2D eigenvalue weighted by Gasteiger charge is 2.35. The third-order valence-corrected chi connectivity index (χ3v) is 7.48. The second kappa shape index (κ2) is 8.73. The first-order valence-corrected chi connectivity index (χ1v) is 12.4. The average molecular weight is 470 g/mol. The molecule has 3 heteroatoms. The quantitative estimate of drug-likeness (QED) is 0.332. The number of rotatable bonds is 3. The van der Waals surface area contributed by atoms with E-state index in [4.69, 9.17) is 4.74 Å². The minimum absolute atomic E-state index is 0.0492. The number of hydrogen-bond donors (Lipinski definition) is 1. The number of alkyl carbamates (subject to hydrolysis) is 1. The van der Waals surface area contributed by atoms with Crippen LogP contribution in [0.4, 0.5) is 4.79 Å². The van der Waals surface area contributed by atoms with Crippen molar-refractivity contribution < 1.29 is 9.53 Å². The zero-order valence-electron chi connectivity index (χ0n) is 20.5. The van der Waals surface area contributed by atoms with Gasteiger partial charge in [-0.3, -0.25) is 0 Å². The molecule has 4 aromatic carbocycles. The van der Waals surface area contributed by atoms with E-state index in [0.29, 0.717) is 6.61 Å². The van der Waals surface area contributed by atoms with Crippen molar-refractivity contribution in [2.24, 2.45) is 0 Å². The van der Waals surface area contributed by atoms with Crippen LogP contribution in [0.3, 0.4) is 0 Å². The van der Waals surface area contributed by atoms with E-state index in [0.717, 1.165) is 5.56 Å². The smallest absolute Gasteiger partial charge is 0.407 e. The average Bonchev–Trinajstić information content (AvgIpc) is 3.34. The van der Waals surface area contributed by atoms with Crippen molar-refractivity contribution in [2.75, 3.05) is 13.2 Å². The lowest BCUT2D eigenvalue weighted by molar-refractivity contribution is 0.144. The topological polar surface area (TPSA) is 38.3 Å². The van der Waals surface area contributed by atoms with Gasteiger partial charge in [-0.15, -0.1) is 0 Å². The molecule has 1 amide bonds. The minimum atomic E-state index is -0.448. The number of benzene rings is 4. The molecule has 0 heterocycles. The number of carbonyl (C=O) groups is 1. The predicted molar refractivity (Wildman–Crippen MR) is 144 cm³/mol. The van der Waals surface area contributed by atoms with Crippen LogP contribution in [0.15, 0.2) is 91.0 Å². The van der Waals surface area contributed by atoms with Gasteiger partial charge in [-0.05, 0) is 56.6 Å². The monoisotopic (exact) mass is 469 g/mol. The minimum Gasteiger partial charge on any atom is -0.449 e. The molecule has 36 heavy (non-hydrogen) atoms. The molecule has 0 aromatic heterocycles. The van der Waals surface area contributed by atoms with Crippen molar-refractivity contribution in [3.63, 3.8) is 0 Å². The SMILES string of the molecule is CC1(C)c2ccccc2-c2ccc(C#CCNC(=O)OCC3c4ccccc4-c4ccccc43)cc21. The third kappa shape index (κ3) is 3.67. The number of amides is 1. The summed E-state index contributed by atoms with van der Waals surface area (Å²) in [6.07, 6.45) is -0.448. The molecule has 0 bridgehead atoms. The Labute approximate surface area is 212 Å². The van der Waals surface area contributed by atoms with Crippen molar-refractivity contribution in [3.8, 4) is 34.1 Å². The summed E-state index contributed by atoms with van der Waals surface area (Å²) >= 11 is 0. The highest BCUT2D eigenvalue weighted by Crippen LogP contribution is 2.48. The maximum Gasteiger partial charge on any atom is 0.407 e. The molecule has 1 N–H and O–H groups in total. The van der Waals surface area contributed by atoms with Crippen LogP contribution in [0.25, 0.3) is 22.3 Å². The Hall–Kier alpha value is -4.29. The molecular weight excluding hydrogens is 442 g/mol. The predicted octanol–water partition coefficient (Wildman–Crippen LogP) is 6.88.